The zero-order valence-electron chi connectivity index (χ0n) is 14.2. The largest absolute Gasteiger partial charge is 0.493 e. The van der Waals surface area contributed by atoms with Crippen molar-refractivity contribution in [3.05, 3.63) is 56.2 Å². The minimum Gasteiger partial charge on any atom is -0.493 e. The van der Waals surface area contributed by atoms with Crippen LogP contribution in [0, 0.1) is 6.92 Å². The van der Waals surface area contributed by atoms with E-state index in [-0.39, 0.29) is 5.56 Å². The summed E-state index contributed by atoms with van der Waals surface area (Å²) < 4.78 is 1.09. The maximum atomic E-state index is 12.1. The number of H-pyrrole nitrogens is 1. The van der Waals surface area contributed by atoms with Crippen molar-refractivity contribution < 1.29 is 10.0 Å². The summed E-state index contributed by atoms with van der Waals surface area (Å²) in [6.45, 7) is 3.33. The summed E-state index contributed by atoms with van der Waals surface area (Å²) in [6.07, 6.45) is 2.20. The van der Waals surface area contributed by atoms with Gasteiger partial charge in [0.2, 0.25) is 5.88 Å². The van der Waals surface area contributed by atoms with E-state index in [0.717, 1.165) is 23.1 Å². The Labute approximate surface area is 139 Å². The molecule has 24 heavy (non-hydrogen) atoms. The Bertz CT molecular complexity index is 850. The van der Waals surface area contributed by atoms with Gasteiger partial charge in [-0.3, -0.25) is 14.8 Å². The number of aryl methyl sites for hydroxylation is 1. The first kappa shape index (κ1) is 17.7. The highest BCUT2D eigenvalue weighted by atomic mass is 16.3. The normalized spacial score (nSPS) is 11.5. The molecule has 0 atom stereocenters. The van der Waals surface area contributed by atoms with Crippen LogP contribution in [0.4, 0.5) is 0 Å². The predicted octanol–water partition coefficient (Wildman–Crippen LogP) is -0.507. The smallest absolute Gasteiger partial charge is 0.335 e. The second-order valence-corrected chi connectivity index (χ2v) is 5.96. The van der Waals surface area contributed by atoms with E-state index >= 15 is 0 Å². The van der Waals surface area contributed by atoms with Crippen LogP contribution < -0.4 is 16.1 Å². The molecule has 3 N–H and O–H groups in total. The van der Waals surface area contributed by atoms with Crippen molar-refractivity contribution in [2.24, 2.45) is 4.99 Å². The van der Waals surface area contributed by atoms with Gasteiger partial charge in [-0.1, -0.05) is 18.2 Å². The third kappa shape index (κ3) is 3.99. The quantitative estimate of drug-likeness (QED) is 0.492. The summed E-state index contributed by atoms with van der Waals surface area (Å²) in [7, 11) is 4.11. The average molecular weight is 331 g/mol. The Morgan fingerprint density at radius 3 is 2.67 bits per heavy atom. The number of para-hydroxylation sites is 1. The number of nitrogens with one attached hydrogen (secondary N) is 2. The molecule has 0 fully saturated rings. The van der Waals surface area contributed by atoms with Gasteiger partial charge < -0.3 is 10.0 Å². The summed E-state index contributed by atoms with van der Waals surface area (Å²) in [6, 6.07) is 7.12. The maximum absolute atomic E-state index is 12.1. The van der Waals surface area contributed by atoms with Crippen LogP contribution >= 0.6 is 0 Å². The first-order valence-electron chi connectivity index (χ1n) is 7.85. The highest BCUT2D eigenvalue weighted by Crippen LogP contribution is 2.18. The van der Waals surface area contributed by atoms with E-state index in [4.69, 9.17) is 0 Å². The number of benzene rings is 1. The van der Waals surface area contributed by atoms with Crippen LogP contribution in [-0.4, -0.2) is 48.1 Å². The summed E-state index contributed by atoms with van der Waals surface area (Å²) in [5.74, 6) is -0.403. The second kappa shape index (κ2) is 7.74. The number of aromatic amines is 1. The molecule has 0 saturated heterocycles. The molecule has 1 aromatic carbocycles. The number of aromatic nitrogens is 2. The monoisotopic (exact) mass is 331 g/mol. The van der Waals surface area contributed by atoms with E-state index in [1.165, 1.54) is 11.1 Å². The summed E-state index contributed by atoms with van der Waals surface area (Å²) in [5, 5.41) is 10.4. The maximum Gasteiger partial charge on any atom is 0.335 e. The van der Waals surface area contributed by atoms with Crippen molar-refractivity contribution in [3.8, 4) is 11.6 Å². The molecule has 0 radical (unpaired) electrons. The zero-order chi connectivity index (χ0) is 17.7. The van der Waals surface area contributed by atoms with Crippen LogP contribution in [0.15, 0.2) is 38.8 Å². The van der Waals surface area contributed by atoms with Gasteiger partial charge in [0.1, 0.15) is 5.56 Å². The number of rotatable bonds is 6. The number of hydrogen-bond donors (Lipinski definition) is 3. The number of hydrogen-bond acceptors (Lipinski definition) is 4. The first-order chi connectivity index (χ1) is 11.4. The standard InChI is InChI=1S/C17H22N4O3/c1-12-7-4-5-8-14(12)21-16(23)13(15(22)19-17(21)24)11-18-9-6-10-20(2)3/h4-5,7-8,11,23H,6,9-10H2,1-3H3,(H,19,22,24)/p+1. The molecule has 0 saturated carbocycles. The lowest BCUT2D eigenvalue weighted by molar-refractivity contribution is -0.858. The molecule has 0 amide bonds. The van der Waals surface area contributed by atoms with Crippen molar-refractivity contribution in [1.82, 2.24) is 9.55 Å². The van der Waals surface area contributed by atoms with Crippen LogP contribution in [0.2, 0.25) is 0 Å². The molecule has 0 bridgehead atoms. The SMILES string of the molecule is Cc1ccccc1-n1c(O)c(C=NCCC[NH+](C)C)c(=O)[nH]c1=O. The molecule has 128 valence electrons. The van der Waals surface area contributed by atoms with Gasteiger partial charge in [-0.15, -0.1) is 0 Å². The van der Waals surface area contributed by atoms with Crippen molar-refractivity contribution >= 4 is 6.21 Å². The van der Waals surface area contributed by atoms with Crippen LogP contribution in [0.1, 0.15) is 17.5 Å². The summed E-state index contributed by atoms with van der Waals surface area (Å²) in [4.78, 5) is 31.8. The lowest BCUT2D eigenvalue weighted by Gasteiger charge is -2.11. The number of nitrogens with zero attached hydrogens (tertiary/aromatic N) is 2. The molecule has 2 rings (SSSR count). The van der Waals surface area contributed by atoms with Gasteiger partial charge in [-0.25, -0.2) is 9.36 Å². The molecule has 0 aliphatic carbocycles. The molecule has 0 aliphatic rings. The Kier molecular flexibility index (Phi) is 5.70. The Morgan fingerprint density at radius 1 is 1.29 bits per heavy atom. The van der Waals surface area contributed by atoms with Crippen LogP contribution in [0.3, 0.4) is 0 Å². The van der Waals surface area contributed by atoms with Crippen molar-refractivity contribution in [3.63, 3.8) is 0 Å². The number of quaternary nitrogens is 1. The van der Waals surface area contributed by atoms with Gasteiger partial charge in [0.25, 0.3) is 5.56 Å². The topological polar surface area (TPSA) is 91.9 Å². The van der Waals surface area contributed by atoms with Gasteiger partial charge in [-0.2, -0.15) is 0 Å². The molecule has 0 aliphatic heterocycles. The van der Waals surface area contributed by atoms with E-state index in [2.05, 4.69) is 24.1 Å². The Balaban J connectivity index is 2.39. The lowest BCUT2D eigenvalue weighted by atomic mass is 10.2. The van der Waals surface area contributed by atoms with Gasteiger partial charge in [0, 0.05) is 19.2 Å². The van der Waals surface area contributed by atoms with Gasteiger partial charge in [0.15, 0.2) is 0 Å². The fraction of sp³-hybridized carbons (Fsp3) is 0.353. The molecule has 2 aromatic rings. The third-order valence-corrected chi connectivity index (χ3v) is 3.66. The van der Waals surface area contributed by atoms with E-state index in [1.807, 2.05) is 19.1 Å². The summed E-state index contributed by atoms with van der Waals surface area (Å²) in [5.41, 5.74) is -0.0274. The molecule has 7 nitrogen and oxygen atoms in total. The second-order valence-electron chi connectivity index (χ2n) is 5.96. The number of aliphatic imine (C=N–C) groups is 1. The fourth-order valence-electron chi connectivity index (χ4n) is 2.37. The average Bonchev–Trinajstić information content (AvgIpc) is 2.51. The summed E-state index contributed by atoms with van der Waals surface area (Å²) >= 11 is 0. The van der Waals surface area contributed by atoms with E-state index in [9.17, 15) is 14.7 Å². The van der Waals surface area contributed by atoms with Crippen LogP contribution in [0.5, 0.6) is 5.88 Å². The fourth-order valence-corrected chi connectivity index (χ4v) is 2.37. The highest BCUT2D eigenvalue weighted by molar-refractivity contribution is 5.82. The first-order valence-corrected chi connectivity index (χ1v) is 7.85. The zero-order valence-corrected chi connectivity index (χ0v) is 14.2. The molecule has 1 heterocycles. The van der Waals surface area contributed by atoms with Crippen molar-refractivity contribution in [2.75, 3.05) is 27.2 Å². The lowest BCUT2D eigenvalue weighted by Crippen LogP contribution is -3.05. The molecular formula is C17H23N4O3+. The van der Waals surface area contributed by atoms with E-state index in [0.29, 0.717) is 12.2 Å². The Morgan fingerprint density at radius 2 is 2.00 bits per heavy atom. The minimum absolute atomic E-state index is 0.0185. The molecule has 0 unspecified atom stereocenters. The Hall–Kier alpha value is -2.67. The predicted molar refractivity (Wildman–Crippen MR) is 93.8 cm³/mol. The van der Waals surface area contributed by atoms with Gasteiger partial charge >= 0.3 is 5.69 Å². The van der Waals surface area contributed by atoms with Crippen LogP contribution in [-0.2, 0) is 0 Å². The number of aromatic hydroxyl groups is 1. The van der Waals surface area contributed by atoms with E-state index in [1.54, 1.807) is 12.1 Å². The molecular weight excluding hydrogens is 308 g/mol. The minimum atomic E-state index is -0.680. The van der Waals surface area contributed by atoms with Gasteiger partial charge in [-0.05, 0) is 18.6 Å². The molecule has 0 spiro atoms. The third-order valence-electron chi connectivity index (χ3n) is 3.66. The van der Waals surface area contributed by atoms with Crippen molar-refractivity contribution in [1.29, 1.82) is 0 Å². The van der Waals surface area contributed by atoms with Gasteiger partial charge in [0.05, 0.1) is 26.3 Å². The molecule has 1 aromatic heterocycles. The van der Waals surface area contributed by atoms with Crippen LogP contribution in [0.25, 0.3) is 5.69 Å². The van der Waals surface area contributed by atoms with E-state index < -0.39 is 17.1 Å². The molecule has 7 heteroatoms. The van der Waals surface area contributed by atoms with Crippen molar-refractivity contribution in [2.45, 2.75) is 13.3 Å². The highest BCUT2D eigenvalue weighted by Gasteiger charge is 2.15.